The lowest BCUT2D eigenvalue weighted by Crippen LogP contribution is -2.53. The van der Waals surface area contributed by atoms with E-state index in [1.807, 2.05) is 6.92 Å². The summed E-state index contributed by atoms with van der Waals surface area (Å²) in [4.78, 5) is 13.5. The number of carbonyl (C=O) groups is 1. The van der Waals surface area contributed by atoms with Crippen LogP contribution in [-0.4, -0.2) is 43.2 Å². The van der Waals surface area contributed by atoms with E-state index in [1.54, 1.807) is 6.92 Å². The predicted molar refractivity (Wildman–Crippen MR) is 67.8 cm³/mol. The van der Waals surface area contributed by atoms with Gasteiger partial charge in [-0.15, -0.1) is 0 Å². The minimum Gasteiger partial charge on any atom is -0.333 e. The summed E-state index contributed by atoms with van der Waals surface area (Å²) in [6, 6.07) is 0. The molecule has 0 bridgehead atoms. The van der Waals surface area contributed by atoms with E-state index in [4.69, 9.17) is 0 Å². The molecule has 1 unspecified atom stereocenters. The first-order chi connectivity index (χ1) is 8.84. The van der Waals surface area contributed by atoms with Gasteiger partial charge in [-0.1, -0.05) is 13.3 Å². The summed E-state index contributed by atoms with van der Waals surface area (Å²) >= 11 is 0. The second kappa shape index (κ2) is 6.59. The summed E-state index contributed by atoms with van der Waals surface area (Å²) in [7, 11) is 0. The van der Waals surface area contributed by atoms with Gasteiger partial charge in [-0.3, -0.25) is 4.79 Å². The standard InChI is InChI=1S/C13H23F3N2O/c1-3-6-12(7-5-8-17-9-12)11(19)18(4-2)10-13(14,15)16/h17H,3-10H2,1-2H3. The van der Waals surface area contributed by atoms with Gasteiger partial charge in [0.05, 0.1) is 5.41 Å². The van der Waals surface area contributed by atoms with Gasteiger partial charge in [-0.05, 0) is 32.7 Å². The topological polar surface area (TPSA) is 32.3 Å². The summed E-state index contributed by atoms with van der Waals surface area (Å²) in [5.74, 6) is -0.346. The number of hydrogen-bond acceptors (Lipinski definition) is 2. The van der Waals surface area contributed by atoms with Gasteiger partial charge in [0, 0.05) is 13.1 Å². The first-order valence-electron chi connectivity index (χ1n) is 6.91. The van der Waals surface area contributed by atoms with Crippen LogP contribution in [0, 0.1) is 5.41 Å². The van der Waals surface area contributed by atoms with Crippen LogP contribution in [-0.2, 0) is 4.79 Å². The smallest absolute Gasteiger partial charge is 0.333 e. The second-order valence-electron chi connectivity index (χ2n) is 5.25. The average molecular weight is 280 g/mol. The fourth-order valence-electron chi connectivity index (χ4n) is 2.83. The van der Waals surface area contributed by atoms with E-state index in [-0.39, 0.29) is 12.5 Å². The molecule has 0 aromatic carbocycles. The minimum atomic E-state index is -4.33. The highest BCUT2D eigenvalue weighted by molar-refractivity contribution is 5.83. The number of nitrogens with one attached hydrogen (secondary N) is 1. The number of piperidine rings is 1. The van der Waals surface area contributed by atoms with Gasteiger partial charge in [-0.25, -0.2) is 0 Å². The fourth-order valence-corrected chi connectivity index (χ4v) is 2.83. The molecule has 19 heavy (non-hydrogen) atoms. The van der Waals surface area contributed by atoms with Gasteiger partial charge in [0.25, 0.3) is 0 Å². The minimum absolute atomic E-state index is 0.101. The Kier molecular flexibility index (Phi) is 5.64. The molecule has 0 aromatic heterocycles. The van der Waals surface area contributed by atoms with E-state index in [0.29, 0.717) is 19.4 Å². The summed E-state index contributed by atoms with van der Waals surface area (Å²) in [6.45, 7) is 3.85. The zero-order valence-corrected chi connectivity index (χ0v) is 11.6. The van der Waals surface area contributed by atoms with Gasteiger partial charge in [-0.2, -0.15) is 13.2 Å². The monoisotopic (exact) mass is 280 g/mol. The van der Waals surface area contributed by atoms with Crippen molar-refractivity contribution in [3.63, 3.8) is 0 Å². The quantitative estimate of drug-likeness (QED) is 0.839. The maximum atomic E-state index is 12.5. The summed E-state index contributed by atoms with van der Waals surface area (Å²) in [5.41, 5.74) is -0.645. The molecule has 0 spiro atoms. The van der Waals surface area contributed by atoms with Crippen LogP contribution in [0.1, 0.15) is 39.5 Å². The van der Waals surface area contributed by atoms with Crippen LogP contribution in [0.3, 0.4) is 0 Å². The molecular formula is C13H23F3N2O. The Morgan fingerprint density at radius 3 is 2.47 bits per heavy atom. The fraction of sp³-hybridized carbons (Fsp3) is 0.923. The van der Waals surface area contributed by atoms with Gasteiger partial charge in [0.2, 0.25) is 5.91 Å². The van der Waals surface area contributed by atoms with Crippen LogP contribution < -0.4 is 5.32 Å². The average Bonchev–Trinajstić information content (AvgIpc) is 2.35. The number of halogens is 3. The van der Waals surface area contributed by atoms with E-state index in [2.05, 4.69) is 5.32 Å². The van der Waals surface area contributed by atoms with Gasteiger partial charge < -0.3 is 10.2 Å². The first kappa shape index (κ1) is 16.3. The lowest BCUT2D eigenvalue weighted by Gasteiger charge is -2.40. The lowest BCUT2D eigenvalue weighted by atomic mass is 9.75. The molecule has 1 amide bonds. The summed E-state index contributed by atoms with van der Waals surface area (Å²) in [6.07, 6.45) is -1.36. The SMILES string of the molecule is CCCC1(C(=O)N(CC)CC(F)(F)F)CCCNC1. The molecule has 0 aliphatic carbocycles. The number of alkyl halides is 3. The molecule has 1 aliphatic rings. The third kappa shape index (κ3) is 4.37. The number of amides is 1. The number of hydrogen-bond donors (Lipinski definition) is 1. The zero-order valence-electron chi connectivity index (χ0n) is 11.6. The van der Waals surface area contributed by atoms with Crippen molar-refractivity contribution in [2.45, 2.75) is 45.7 Å². The zero-order chi connectivity index (χ0) is 14.5. The Morgan fingerprint density at radius 2 is 2.05 bits per heavy atom. The molecule has 0 aromatic rings. The van der Waals surface area contributed by atoms with Crippen molar-refractivity contribution >= 4 is 5.91 Å². The van der Waals surface area contributed by atoms with E-state index in [9.17, 15) is 18.0 Å². The Labute approximate surface area is 112 Å². The van der Waals surface area contributed by atoms with Gasteiger partial charge >= 0.3 is 6.18 Å². The van der Waals surface area contributed by atoms with Crippen LogP contribution >= 0.6 is 0 Å². The van der Waals surface area contributed by atoms with Gasteiger partial charge in [0.15, 0.2) is 0 Å². The van der Waals surface area contributed by atoms with E-state index < -0.39 is 18.1 Å². The molecule has 1 aliphatic heterocycles. The molecule has 1 fully saturated rings. The number of nitrogens with zero attached hydrogens (tertiary/aromatic N) is 1. The molecule has 6 heteroatoms. The molecule has 3 nitrogen and oxygen atoms in total. The van der Waals surface area contributed by atoms with Crippen molar-refractivity contribution in [1.29, 1.82) is 0 Å². The van der Waals surface area contributed by atoms with Crippen LogP contribution in [0.4, 0.5) is 13.2 Å². The molecule has 1 rings (SSSR count). The van der Waals surface area contributed by atoms with E-state index in [1.165, 1.54) is 0 Å². The normalized spacial score (nSPS) is 24.3. The molecule has 0 saturated carbocycles. The lowest BCUT2D eigenvalue weighted by molar-refractivity contribution is -0.168. The Balaban J connectivity index is 2.84. The van der Waals surface area contributed by atoms with Crippen LogP contribution in [0.15, 0.2) is 0 Å². The largest absolute Gasteiger partial charge is 0.406 e. The second-order valence-corrected chi connectivity index (χ2v) is 5.25. The maximum absolute atomic E-state index is 12.5. The van der Waals surface area contributed by atoms with E-state index >= 15 is 0 Å². The predicted octanol–water partition coefficient (Wildman–Crippen LogP) is 2.57. The molecule has 1 atom stereocenters. The van der Waals surface area contributed by atoms with Crippen LogP contribution in [0.2, 0.25) is 0 Å². The first-order valence-corrected chi connectivity index (χ1v) is 6.91. The van der Waals surface area contributed by atoms with Crippen molar-refractivity contribution in [3.8, 4) is 0 Å². The Morgan fingerprint density at radius 1 is 1.37 bits per heavy atom. The van der Waals surface area contributed by atoms with Crippen molar-refractivity contribution in [1.82, 2.24) is 10.2 Å². The highest BCUT2D eigenvalue weighted by atomic mass is 19.4. The Hall–Kier alpha value is -0.780. The molecule has 1 N–H and O–H groups in total. The van der Waals surface area contributed by atoms with E-state index in [0.717, 1.165) is 24.3 Å². The third-order valence-electron chi connectivity index (χ3n) is 3.69. The molecule has 1 saturated heterocycles. The van der Waals surface area contributed by atoms with Crippen LogP contribution in [0.5, 0.6) is 0 Å². The van der Waals surface area contributed by atoms with Crippen molar-refractivity contribution < 1.29 is 18.0 Å². The Bertz CT molecular complexity index is 293. The third-order valence-corrected chi connectivity index (χ3v) is 3.69. The van der Waals surface area contributed by atoms with Crippen molar-refractivity contribution in [3.05, 3.63) is 0 Å². The number of carbonyl (C=O) groups excluding carboxylic acids is 1. The van der Waals surface area contributed by atoms with Crippen LogP contribution in [0.25, 0.3) is 0 Å². The molecule has 1 heterocycles. The summed E-state index contributed by atoms with van der Waals surface area (Å²) < 4.78 is 37.6. The maximum Gasteiger partial charge on any atom is 0.406 e. The van der Waals surface area contributed by atoms with Crippen molar-refractivity contribution in [2.24, 2.45) is 5.41 Å². The number of rotatable bonds is 5. The van der Waals surface area contributed by atoms with Crippen molar-refractivity contribution in [2.75, 3.05) is 26.2 Å². The van der Waals surface area contributed by atoms with Gasteiger partial charge in [0.1, 0.15) is 6.54 Å². The highest BCUT2D eigenvalue weighted by Crippen LogP contribution is 2.34. The molecule has 112 valence electrons. The highest BCUT2D eigenvalue weighted by Gasteiger charge is 2.43. The molecular weight excluding hydrogens is 257 g/mol. The summed E-state index contributed by atoms with van der Waals surface area (Å²) in [5, 5.41) is 3.15. The molecule has 0 radical (unpaired) electrons.